The molecule has 0 amide bonds. The van der Waals surface area contributed by atoms with E-state index in [1.54, 1.807) is 6.07 Å². The molecule has 92 valence electrons. The lowest BCUT2D eigenvalue weighted by Gasteiger charge is -2.09. The van der Waals surface area contributed by atoms with Gasteiger partial charge in [0, 0.05) is 5.69 Å². The Balaban J connectivity index is 2.33. The van der Waals surface area contributed by atoms with Crippen molar-refractivity contribution in [2.75, 3.05) is 5.32 Å². The Morgan fingerprint density at radius 3 is 2.67 bits per heavy atom. The Morgan fingerprint density at radius 2 is 2.00 bits per heavy atom. The zero-order valence-electron chi connectivity index (χ0n) is 9.64. The zero-order valence-corrected chi connectivity index (χ0v) is 10.4. The van der Waals surface area contributed by atoms with Crippen molar-refractivity contribution in [3.63, 3.8) is 0 Å². The molecule has 2 aromatic rings. The van der Waals surface area contributed by atoms with E-state index in [4.69, 9.17) is 16.7 Å². The van der Waals surface area contributed by atoms with Gasteiger partial charge in [-0.05, 0) is 30.7 Å². The molecular formula is C13H11ClN2O2. The Bertz CT molecular complexity index is 599. The molecule has 5 heteroatoms. The molecule has 1 heterocycles. The summed E-state index contributed by atoms with van der Waals surface area (Å²) in [6.07, 6.45) is 0. The second kappa shape index (κ2) is 5.06. The van der Waals surface area contributed by atoms with E-state index in [1.807, 2.05) is 31.2 Å². The summed E-state index contributed by atoms with van der Waals surface area (Å²) in [6, 6.07) is 10.8. The molecule has 0 unspecified atom stereocenters. The maximum Gasteiger partial charge on any atom is 0.356 e. The maximum atomic E-state index is 10.9. The van der Waals surface area contributed by atoms with Crippen LogP contribution in [-0.2, 0) is 0 Å². The number of nitrogens with zero attached hydrogens (tertiary/aromatic N) is 1. The first-order chi connectivity index (χ1) is 8.58. The van der Waals surface area contributed by atoms with Gasteiger partial charge >= 0.3 is 5.97 Å². The number of aromatic carboxylic acids is 1. The average molecular weight is 263 g/mol. The molecule has 0 aliphatic rings. The summed E-state index contributed by atoms with van der Waals surface area (Å²) in [5.41, 5.74) is 1.77. The van der Waals surface area contributed by atoms with Crippen LogP contribution in [0.1, 0.15) is 16.1 Å². The molecule has 0 saturated heterocycles. The van der Waals surface area contributed by atoms with E-state index in [2.05, 4.69) is 10.3 Å². The highest BCUT2D eigenvalue weighted by atomic mass is 35.5. The van der Waals surface area contributed by atoms with E-state index in [-0.39, 0.29) is 10.7 Å². The fourth-order valence-corrected chi connectivity index (χ4v) is 1.70. The third kappa shape index (κ3) is 2.60. The van der Waals surface area contributed by atoms with Gasteiger partial charge in [0.25, 0.3) is 0 Å². The van der Waals surface area contributed by atoms with Crippen LogP contribution in [0.25, 0.3) is 0 Å². The maximum absolute atomic E-state index is 10.9. The van der Waals surface area contributed by atoms with Gasteiger partial charge in [-0.3, -0.25) is 0 Å². The molecule has 0 radical (unpaired) electrons. The van der Waals surface area contributed by atoms with Crippen LogP contribution < -0.4 is 5.32 Å². The van der Waals surface area contributed by atoms with Crippen molar-refractivity contribution in [2.45, 2.75) is 6.92 Å². The smallest absolute Gasteiger partial charge is 0.356 e. The quantitative estimate of drug-likeness (QED) is 0.889. The fraction of sp³-hybridized carbons (Fsp3) is 0.0769. The largest absolute Gasteiger partial charge is 0.476 e. The van der Waals surface area contributed by atoms with Crippen LogP contribution in [0.15, 0.2) is 36.4 Å². The number of aryl methyl sites for hydroxylation is 1. The van der Waals surface area contributed by atoms with Gasteiger partial charge in [0.05, 0.1) is 5.02 Å². The SMILES string of the molecule is Cc1ccccc1Nc1ccc(Cl)c(C(=O)O)n1. The minimum atomic E-state index is -1.14. The number of hydrogen-bond acceptors (Lipinski definition) is 3. The van der Waals surface area contributed by atoms with Crippen LogP contribution in [0.3, 0.4) is 0 Å². The highest BCUT2D eigenvalue weighted by molar-refractivity contribution is 6.33. The fourth-order valence-electron chi connectivity index (χ4n) is 1.51. The van der Waals surface area contributed by atoms with Gasteiger partial charge in [0.15, 0.2) is 5.69 Å². The number of aromatic nitrogens is 1. The summed E-state index contributed by atoms with van der Waals surface area (Å²) >= 11 is 5.75. The monoisotopic (exact) mass is 262 g/mol. The summed E-state index contributed by atoms with van der Waals surface area (Å²) in [6.45, 7) is 1.95. The van der Waals surface area contributed by atoms with E-state index in [0.717, 1.165) is 11.3 Å². The second-order valence-corrected chi connectivity index (χ2v) is 4.18. The normalized spacial score (nSPS) is 10.1. The third-order valence-corrected chi connectivity index (χ3v) is 2.76. The summed E-state index contributed by atoms with van der Waals surface area (Å²) in [5.74, 6) is -0.695. The number of anilines is 2. The molecule has 18 heavy (non-hydrogen) atoms. The molecule has 0 saturated carbocycles. The van der Waals surface area contributed by atoms with E-state index < -0.39 is 5.97 Å². The molecule has 0 aliphatic carbocycles. The molecular weight excluding hydrogens is 252 g/mol. The first-order valence-corrected chi connectivity index (χ1v) is 5.68. The molecule has 2 rings (SSSR count). The standard InChI is InChI=1S/C13H11ClN2O2/c1-8-4-2-3-5-10(8)15-11-7-6-9(14)12(16-11)13(17)18/h2-7H,1H3,(H,15,16)(H,17,18). The predicted molar refractivity (Wildman–Crippen MR) is 70.7 cm³/mol. The molecule has 1 aromatic heterocycles. The molecule has 0 atom stereocenters. The van der Waals surface area contributed by atoms with Crippen LogP contribution in [0.2, 0.25) is 5.02 Å². The van der Waals surface area contributed by atoms with Crippen LogP contribution in [0.4, 0.5) is 11.5 Å². The number of carboxylic acids is 1. The van der Waals surface area contributed by atoms with E-state index in [1.165, 1.54) is 6.07 Å². The van der Waals surface area contributed by atoms with Gasteiger partial charge in [0.2, 0.25) is 0 Å². The van der Waals surface area contributed by atoms with E-state index in [9.17, 15) is 4.79 Å². The number of rotatable bonds is 3. The lowest BCUT2D eigenvalue weighted by atomic mass is 10.2. The minimum Gasteiger partial charge on any atom is -0.476 e. The van der Waals surface area contributed by atoms with E-state index >= 15 is 0 Å². The number of carboxylic acid groups (broad SMARTS) is 1. The lowest BCUT2D eigenvalue weighted by Crippen LogP contribution is -2.04. The Labute approximate surface area is 109 Å². The van der Waals surface area contributed by atoms with Crippen LogP contribution in [-0.4, -0.2) is 16.1 Å². The van der Waals surface area contributed by atoms with Gasteiger partial charge in [-0.1, -0.05) is 29.8 Å². The highest BCUT2D eigenvalue weighted by Crippen LogP contribution is 2.21. The topological polar surface area (TPSA) is 62.2 Å². The number of halogens is 1. The summed E-state index contributed by atoms with van der Waals surface area (Å²) < 4.78 is 0. The molecule has 0 aliphatic heterocycles. The number of carbonyl (C=O) groups is 1. The summed E-state index contributed by atoms with van der Waals surface area (Å²) in [5, 5.41) is 12.1. The number of benzene rings is 1. The van der Waals surface area contributed by atoms with Crippen molar-refractivity contribution < 1.29 is 9.90 Å². The molecule has 0 spiro atoms. The van der Waals surface area contributed by atoms with Crippen molar-refractivity contribution in [2.24, 2.45) is 0 Å². The molecule has 1 aromatic carbocycles. The van der Waals surface area contributed by atoms with Crippen molar-refractivity contribution in [1.82, 2.24) is 4.98 Å². The summed E-state index contributed by atoms with van der Waals surface area (Å²) in [4.78, 5) is 14.9. The Hall–Kier alpha value is -2.07. The van der Waals surface area contributed by atoms with E-state index in [0.29, 0.717) is 5.82 Å². The molecule has 4 nitrogen and oxygen atoms in total. The number of pyridine rings is 1. The van der Waals surface area contributed by atoms with Crippen LogP contribution in [0.5, 0.6) is 0 Å². The van der Waals surface area contributed by atoms with Gasteiger partial charge < -0.3 is 10.4 Å². The van der Waals surface area contributed by atoms with Crippen molar-refractivity contribution in [3.05, 3.63) is 52.7 Å². The number of nitrogens with one attached hydrogen (secondary N) is 1. The molecule has 0 bridgehead atoms. The van der Waals surface area contributed by atoms with Gasteiger partial charge in [-0.25, -0.2) is 9.78 Å². The van der Waals surface area contributed by atoms with Crippen molar-refractivity contribution in [3.8, 4) is 0 Å². The first kappa shape index (κ1) is 12.4. The molecule has 0 fully saturated rings. The van der Waals surface area contributed by atoms with Crippen molar-refractivity contribution >= 4 is 29.1 Å². The number of hydrogen-bond donors (Lipinski definition) is 2. The number of para-hydroxylation sites is 1. The van der Waals surface area contributed by atoms with Crippen molar-refractivity contribution in [1.29, 1.82) is 0 Å². The first-order valence-electron chi connectivity index (χ1n) is 5.30. The third-order valence-electron chi connectivity index (χ3n) is 2.46. The van der Waals surface area contributed by atoms with Gasteiger partial charge in [0.1, 0.15) is 5.82 Å². The van der Waals surface area contributed by atoms with Gasteiger partial charge in [-0.15, -0.1) is 0 Å². The van der Waals surface area contributed by atoms with Crippen LogP contribution >= 0.6 is 11.6 Å². The lowest BCUT2D eigenvalue weighted by molar-refractivity contribution is 0.0691. The second-order valence-electron chi connectivity index (χ2n) is 3.77. The average Bonchev–Trinajstić information content (AvgIpc) is 2.34. The minimum absolute atomic E-state index is 0.123. The zero-order chi connectivity index (χ0) is 13.1. The Kier molecular flexibility index (Phi) is 3.48. The highest BCUT2D eigenvalue weighted by Gasteiger charge is 2.11. The van der Waals surface area contributed by atoms with Crippen LogP contribution in [0, 0.1) is 6.92 Å². The Morgan fingerprint density at radius 1 is 1.28 bits per heavy atom. The van der Waals surface area contributed by atoms with Gasteiger partial charge in [-0.2, -0.15) is 0 Å². The molecule has 2 N–H and O–H groups in total. The predicted octanol–water partition coefficient (Wildman–Crippen LogP) is 3.49. The summed E-state index contributed by atoms with van der Waals surface area (Å²) in [7, 11) is 0.